The van der Waals surface area contributed by atoms with E-state index in [0.717, 1.165) is 17.3 Å². The van der Waals surface area contributed by atoms with Crippen LogP contribution in [0, 0.1) is 5.92 Å². The van der Waals surface area contributed by atoms with Gasteiger partial charge in [0, 0.05) is 23.0 Å². The zero-order chi connectivity index (χ0) is 26.5. The minimum absolute atomic E-state index is 0.00465. The normalized spacial score (nSPS) is 14.8. The standard InChI is InChI=1S/C27H21N3O7/c31-23(32)13-22(30-25(34)17-8-6-16(7-9-17)15-4-2-1-3-5-15)26(35)29-18-10-11-21-19(12-18)24(33)20(14-28-21)27(36)37/h1-12,14,20,22H,13H2,(H,29,35)(H,30,34)(H,31,32)(H,36,37)/t20?,22-/m0/s1. The second-order valence-corrected chi connectivity index (χ2v) is 8.25. The lowest BCUT2D eigenvalue weighted by Crippen LogP contribution is -2.45. The molecule has 0 spiro atoms. The Morgan fingerprint density at radius 2 is 1.57 bits per heavy atom. The van der Waals surface area contributed by atoms with E-state index in [4.69, 9.17) is 0 Å². The largest absolute Gasteiger partial charge is 0.481 e. The number of nitrogens with zero attached hydrogens (tertiary/aromatic N) is 1. The van der Waals surface area contributed by atoms with Crippen molar-refractivity contribution in [3.05, 3.63) is 83.9 Å². The summed E-state index contributed by atoms with van der Waals surface area (Å²) < 4.78 is 0. The molecule has 0 saturated carbocycles. The number of anilines is 1. The molecule has 1 aliphatic heterocycles. The van der Waals surface area contributed by atoms with E-state index in [2.05, 4.69) is 15.6 Å². The van der Waals surface area contributed by atoms with Crippen LogP contribution in [0.25, 0.3) is 11.1 Å². The fourth-order valence-corrected chi connectivity index (χ4v) is 3.79. The number of benzene rings is 3. The number of aliphatic carboxylic acids is 2. The van der Waals surface area contributed by atoms with Crippen molar-refractivity contribution in [3.8, 4) is 11.1 Å². The molecule has 0 aliphatic carbocycles. The van der Waals surface area contributed by atoms with Crippen molar-refractivity contribution in [2.24, 2.45) is 10.9 Å². The summed E-state index contributed by atoms with van der Waals surface area (Å²) in [5, 5.41) is 23.4. The molecular formula is C27H21N3O7. The van der Waals surface area contributed by atoms with Gasteiger partial charge in [0.05, 0.1) is 12.1 Å². The predicted molar refractivity (Wildman–Crippen MR) is 134 cm³/mol. The molecule has 0 saturated heterocycles. The van der Waals surface area contributed by atoms with Crippen molar-refractivity contribution in [1.29, 1.82) is 0 Å². The number of Topliss-reactive ketones (excluding diaryl/α,β-unsaturated/α-hetero) is 1. The van der Waals surface area contributed by atoms with Crippen LogP contribution >= 0.6 is 0 Å². The van der Waals surface area contributed by atoms with Gasteiger partial charge in [0.1, 0.15) is 6.04 Å². The van der Waals surface area contributed by atoms with Crippen LogP contribution in [0.15, 0.2) is 77.8 Å². The Morgan fingerprint density at radius 1 is 0.892 bits per heavy atom. The minimum Gasteiger partial charge on any atom is -0.481 e. The minimum atomic E-state index is -1.44. The number of carbonyl (C=O) groups is 5. The molecule has 10 heteroatoms. The zero-order valence-corrected chi connectivity index (χ0v) is 19.3. The third-order valence-corrected chi connectivity index (χ3v) is 5.70. The van der Waals surface area contributed by atoms with E-state index in [1.165, 1.54) is 18.2 Å². The Kier molecular flexibility index (Phi) is 7.19. The van der Waals surface area contributed by atoms with E-state index in [1.54, 1.807) is 24.3 Å². The van der Waals surface area contributed by atoms with Crippen molar-refractivity contribution < 1.29 is 34.2 Å². The van der Waals surface area contributed by atoms with Crippen LogP contribution in [0.3, 0.4) is 0 Å². The Balaban J connectivity index is 1.48. The zero-order valence-electron chi connectivity index (χ0n) is 19.3. The number of nitrogens with one attached hydrogen (secondary N) is 2. The van der Waals surface area contributed by atoms with Crippen molar-refractivity contribution >= 4 is 47.1 Å². The molecule has 3 aromatic rings. The number of rotatable bonds is 8. The van der Waals surface area contributed by atoms with Crippen molar-refractivity contribution in [3.63, 3.8) is 0 Å². The molecule has 1 heterocycles. The van der Waals surface area contributed by atoms with Gasteiger partial charge in [-0.2, -0.15) is 0 Å². The summed E-state index contributed by atoms with van der Waals surface area (Å²) in [4.78, 5) is 64.7. The van der Waals surface area contributed by atoms with Gasteiger partial charge in [0.25, 0.3) is 5.91 Å². The highest BCUT2D eigenvalue weighted by Gasteiger charge is 2.31. The lowest BCUT2D eigenvalue weighted by molar-refractivity contribution is -0.139. The number of carboxylic acids is 2. The van der Waals surface area contributed by atoms with Gasteiger partial charge in [0.15, 0.2) is 11.7 Å². The van der Waals surface area contributed by atoms with Gasteiger partial charge in [-0.1, -0.05) is 42.5 Å². The molecule has 0 fully saturated rings. The monoisotopic (exact) mass is 499 g/mol. The Bertz CT molecular complexity index is 1420. The molecule has 0 radical (unpaired) electrons. The van der Waals surface area contributed by atoms with E-state index in [9.17, 15) is 34.2 Å². The average molecular weight is 499 g/mol. The van der Waals surface area contributed by atoms with E-state index in [0.29, 0.717) is 0 Å². The number of carbonyl (C=O) groups excluding carboxylic acids is 3. The Labute approximate surface area is 210 Å². The summed E-state index contributed by atoms with van der Waals surface area (Å²) in [7, 11) is 0. The molecule has 1 unspecified atom stereocenters. The van der Waals surface area contributed by atoms with Gasteiger partial charge in [-0.05, 0) is 41.5 Å². The van der Waals surface area contributed by atoms with E-state index >= 15 is 0 Å². The lowest BCUT2D eigenvalue weighted by atomic mass is 9.94. The maximum Gasteiger partial charge on any atom is 0.319 e. The number of hydrogen-bond donors (Lipinski definition) is 4. The van der Waals surface area contributed by atoms with Crippen LogP contribution in [-0.2, 0) is 14.4 Å². The van der Waals surface area contributed by atoms with Crippen LogP contribution in [0.1, 0.15) is 27.1 Å². The molecule has 1 aliphatic rings. The highest BCUT2D eigenvalue weighted by molar-refractivity contribution is 6.22. The van der Waals surface area contributed by atoms with Gasteiger partial charge in [-0.3, -0.25) is 29.0 Å². The fraction of sp³-hybridized carbons (Fsp3) is 0.111. The van der Waals surface area contributed by atoms with Crippen LogP contribution in [0.4, 0.5) is 11.4 Å². The molecule has 3 aromatic carbocycles. The number of hydrogen-bond acceptors (Lipinski definition) is 6. The first-order chi connectivity index (χ1) is 17.7. The van der Waals surface area contributed by atoms with Gasteiger partial charge in [-0.25, -0.2) is 0 Å². The van der Waals surface area contributed by atoms with Gasteiger partial charge in [0.2, 0.25) is 5.91 Å². The summed E-state index contributed by atoms with van der Waals surface area (Å²) in [5.41, 5.74) is 2.45. The first-order valence-electron chi connectivity index (χ1n) is 11.2. The topological polar surface area (TPSA) is 162 Å². The first-order valence-corrected chi connectivity index (χ1v) is 11.2. The Morgan fingerprint density at radius 3 is 2.22 bits per heavy atom. The molecule has 10 nitrogen and oxygen atoms in total. The number of carboxylic acid groups (broad SMARTS) is 2. The fourth-order valence-electron chi connectivity index (χ4n) is 3.79. The maximum absolute atomic E-state index is 12.9. The molecular weight excluding hydrogens is 478 g/mol. The van der Waals surface area contributed by atoms with Gasteiger partial charge in [-0.15, -0.1) is 0 Å². The van der Waals surface area contributed by atoms with E-state index in [1.807, 2.05) is 30.3 Å². The summed E-state index contributed by atoms with van der Waals surface area (Å²) in [6.07, 6.45) is 0.352. The molecule has 37 heavy (non-hydrogen) atoms. The summed E-state index contributed by atoms with van der Waals surface area (Å²) in [5.74, 6) is -6.25. The smallest absolute Gasteiger partial charge is 0.319 e. The molecule has 2 amide bonds. The molecule has 0 aromatic heterocycles. The third kappa shape index (κ3) is 5.76. The van der Waals surface area contributed by atoms with Crippen molar-refractivity contribution in [2.75, 3.05) is 5.32 Å². The molecule has 2 atom stereocenters. The highest BCUT2D eigenvalue weighted by atomic mass is 16.4. The quantitative estimate of drug-likeness (QED) is 0.346. The number of fused-ring (bicyclic) bond motifs is 1. The molecule has 4 N–H and O–H groups in total. The van der Waals surface area contributed by atoms with Gasteiger partial charge < -0.3 is 20.8 Å². The first kappa shape index (κ1) is 25.0. The van der Waals surface area contributed by atoms with Gasteiger partial charge >= 0.3 is 11.9 Å². The number of ketones is 1. The molecule has 4 rings (SSSR count). The lowest BCUT2D eigenvalue weighted by Gasteiger charge is -2.19. The van der Waals surface area contributed by atoms with Crippen LogP contribution in [-0.4, -0.2) is 52.0 Å². The van der Waals surface area contributed by atoms with Crippen molar-refractivity contribution in [1.82, 2.24) is 5.32 Å². The highest BCUT2D eigenvalue weighted by Crippen LogP contribution is 2.29. The molecule has 186 valence electrons. The predicted octanol–water partition coefficient (Wildman–Crippen LogP) is 3.16. The van der Waals surface area contributed by atoms with Crippen LogP contribution in [0.5, 0.6) is 0 Å². The maximum atomic E-state index is 12.9. The van der Waals surface area contributed by atoms with Crippen LogP contribution in [0.2, 0.25) is 0 Å². The SMILES string of the molecule is O=C(O)C[C@H](NC(=O)c1ccc(-c2ccccc2)cc1)C(=O)Nc1ccc2c(c1)C(=O)C(C(=O)O)C=N2. The summed E-state index contributed by atoms with van der Waals surface area (Å²) in [6, 6.07) is 18.9. The van der Waals surface area contributed by atoms with Crippen molar-refractivity contribution in [2.45, 2.75) is 12.5 Å². The number of aliphatic imine (C=N–C) groups is 1. The Hall–Kier alpha value is -5.12. The number of amides is 2. The second kappa shape index (κ2) is 10.6. The average Bonchev–Trinajstić information content (AvgIpc) is 2.89. The summed E-state index contributed by atoms with van der Waals surface area (Å²) in [6.45, 7) is 0. The molecule has 0 bridgehead atoms. The second-order valence-electron chi connectivity index (χ2n) is 8.25. The summed E-state index contributed by atoms with van der Waals surface area (Å²) >= 11 is 0. The van der Waals surface area contributed by atoms with Crippen LogP contribution < -0.4 is 10.6 Å². The van der Waals surface area contributed by atoms with E-state index < -0.39 is 47.9 Å². The van der Waals surface area contributed by atoms with E-state index in [-0.39, 0.29) is 22.5 Å². The third-order valence-electron chi connectivity index (χ3n) is 5.70.